The summed E-state index contributed by atoms with van der Waals surface area (Å²) in [6, 6.07) is 12.0. The zero-order valence-corrected chi connectivity index (χ0v) is 19.5. The van der Waals surface area contributed by atoms with Gasteiger partial charge in [-0.05, 0) is 87.4 Å². The summed E-state index contributed by atoms with van der Waals surface area (Å²) in [6.45, 7) is 5.94. The molecule has 2 aromatic carbocycles. The minimum Gasteiger partial charge on any atom is -0.494 e. The Morgan fingerprint density at radius 1 is 1.06 bits per heavy atom. The minimum absolute atomic E-state index is 0.219. The third-order valence-electron chi connectivity index (χ3n) is 5.72. The molecule has 1 amide bonds. The highest BCUT2D eigenvalue weighted by atomic mass is 32.2. The Labute approximate surface area is 185 Å². The van der Waals surface area contributed by atoms with E-state index in [2.05, 4.69) is 23.5 Å². The van der Waals surface area contributed by atoms with Gasteiger partial charge in [0.15, 0.2) is 0 Å². The molecule has 0 heterocycles. The lowest BCUT2D eigenvalue weighted by atomic mass is 9.89. The Kier molecular flexibility index (Phi) is 7.26. The van der Waals surface area contributed by atoms with E-state index in [1.807, 2.05) is 13.8 Å². The van der Waals surface area contributed by atoms with Crippen LogP contribution in [0.1, 0.15) is 56.3 Å². The minimum atomic E-state index is -3.67. The van der Waals surface area contributed by atoms with Crippen LogP contribution < -0.4 is 14.4 Å². The number of ether oxygens (including phenoxy) is 1. The van der Waals surface area contributed by atoms with Crippen molar-refractivity contribution >= 4 is 21.6 Å². The quantitative estimate of drug-likeness (QED) is 0.668. The summed E-state index contributed by atoms with van der Waals surface area (Å²) in [4.78, 5) is 13.0. The number of rotatable bonds is 8. The lowest BCUT2D eigenvalue weighted by Gasteiger charge is -2.29. The number of hydrogen-bond donors (Lipinski definition) is 1. The van der Waals surface area contributed by atoms with Gasteiger partial charge < -0.3 is 10.1 Å². The van der Waals surface area contributed by atoms with Gasteiger partial charge in [0, 0.05) is 0 Å². The first kappa shape index (κ1) is 23.1. The van der Waals surface area contributed by atoms with Crippen LogP contribution in [0, 0.1) is 0 Å². The fraction of sp³-hybridized carbons (Fsp3) is 0.458. The number of carbonyl (C=O) groups is 1. The van der Waals surface area contributed by atoms with E-state index in [1.165, 1.54) is 24.0 Å². The van der Waals surface area contributed by atoms with Gasteiger partial charge in [0.05, 0.1) is 24.6 Å². The fourth-order valence-electron chi connectivity index (χ4n) is 4.10. The zero-order chi connectivity index (χ0) is 22.6. The van der Waals surface area contributed by atoms with Crippen LogP contribution in [0.25, 0.3) is 0 Å². The molecular formula is C24H32N2O4S. The molecule has 0 bridgehead atoms. The molecule has 0 saturated heterocycles. The lowest BCUT2D eigenvalue weighted by molar-refractivity contribution is -0.122. The Morgan fingerprint density at radius 2 is 1.71 bits per heavy atom. The normalized spacial score (nSPS) is 15.5. The molecule has 0 saturated carbocycles. The van der Waals surface area contributed by atoms with Crippen LogP contribution in [0.2, 0.25) is 0 Å². The molecule has 2 aromatic rings. The molecule has 31 heavy (non-hydrogen) atoms. The maximum atomic E-state index is 13.0. The number of amides is 1. The third kappa shape index (κ3) is 5.58. The lowest BCUT2D eigenvalue weighted by Crippen LogP contribution is -2.48. The molecule has 0 aliphatic heterocycles. The third-order valence-corrected chi connectivity index (χ3v) is 6.96. The van der Waals surface area contributed by atoms with Gasteiger partial charge in [0.25, 0.3) is 0 Å². The predicted octanol–water partition coefficient (Wildman–Crippen LogP) is 4.00. The van der Waals surface area contributed by atoms with Crippen LogP contribution >= 0.6 is 0 Å². The molecule has 168 valence electrons. The number of sulfonamides is 1. The molecule has 0 unspecified atom stereocenters. The highest BCUT2D eigenvalue weighted by Crippen LogP contribution is 2.26. The van der Waals surface area contributed by atoms with E-state index in [4.69, 9.17) is 4.74 Å². The molecule has 0 radical (unpaired) electrons. The van der Waals surface area contributed by atoms with Crippen molar-refractivity contribution in [2.75, 3.05) is 17.2 Å². The van der Waals surface area contributed by atoms with Crippen molar-refractivity contribution < 1.29 is 17.9 Å². The van der Waals surface area contributed by atoms with Crippen LogP contribution in [-0.2, 0) is 27.7 Å². The maximum absolute atomic E-state index is 13.0. The molecule has 1 aliphatic carbocycles. The number of nitrogens with one attached hydrogen (secondary N) is 1. The summed E-state index contributed by atoms with van der Waals surface area (Å²) >= 11 is 0. The number of nitrogens with zero attached hydrogens (tertiary/aromatic N) is 1. The van der Waals surface area contributed by atoms with Gasteiger partial charge in [0.1, 0.15) is 11.8 Å². The standard InChI is InChI=1S/C24H32N2O4S/c1-5-30-23-14-12-22(13-15-23)26(31(4,28)29)18(3)24(27)25-17(2)20-11-10-19-8-6-7-9-21(19)16-20/h10-18H,5-9H2,1-4H3,(H,25,27)/t17-,18-/m0/s1. The second kappa shape index (κ2) is 9.73. The average molecular weight is 445 g/mol. The van der Waals surface area contributed by atoms with Gasteiger partial charge in [0.2, 0.25) is 15.9 Å². The van der Waals surface area contributed by atoms with Crippen molar-refractivity contribution in [2.45, 2.75) is 58.5 Å². The summed E-state index contributed by atoms with van der Waals surface area (Å²) in [5.41, 5.74) is 4.20. The topological polar surface area (TPSA) is 75.7 Å². The Hall–Kier alpha value is -2.54. The number of aryl methyl sites for hydroxylation is 2. The summed E-state index contributed by atoms with van der Waals surface area (Å²) in [6.07, 6.45) is 5.71. The maximum Gasteiger partial charge on any atom is 0.244 e. The molecule has 0 aromatic heterocycles. The fourth-order valence-corrected chi connectivity index (χ4v) is 5.28. The van der Waals surface area contributed by atoms with Gasteiger partial charge in [-0.2, -0.15) is 0 Å². The van der Waals surface area contributed by atoms with Gasteiger partial charge in [-0.3, -0.25) is 9.10 Å². The molecule has 1 aliphatic rings. The van der Waals surface area contributed by atoms with E-state index in [9.17, 15) is 13.2 Å². The smallest absolute Gasteiger partial charge is 0.244 e. The number of hydrogen-bond acceptors (Lipinski definition) is 4. The molecule has 6 nitrogen and oxygen atoms in total. The van der Waals surface area contributed by atoms with E-state index in [1.54, 1.807) is 31.2 Å². The van der Waals surface area contributed by atoms with Crippen molar-refractivity contribution in [2.24, 2.45) is 0 Å². The molecule has 0 fully saturated rings. The Bertz CT molecular complexity index is 1020. The van der Waals surface area contributed by atoms with Crippen LogP contribution in [0.15, 0.2) is 42.5 Å². The second-order valence-electron chi connectivity index (χ2n) is 8.13. The highest BCUT2D eigenvalue weighted by molar-refractivity contribution is 7.92. The predicted molar refractivity (Wildman–Crippen MR) is 124 cm³/mol. The number of benzene rings is 2. The van der Waals surface area contributed by atoms with Crippen LogP contribution in [0.4, 0.5) is 5.69 Å². The first-order valence-corrected chi connectivity index (χ1v) is 12.7. The number of anilines is 1. The summed E-state index contributed by atoms with van der Waals surface area (Å²) in [5, 5.41) is 2.99. The Balaban J connectivity index is 1.76. The number of fused-ring (bicyclic) bond motifs is 1. The SMILES string of the molecule is CCOc1ccc(N([C@@H](C)C(=O)N[C@@H](C)c2ccc3c(c2)CCCC3)S(C)(=O)=O)cc1. The Morgan fingerprint density at radius 3 is 2.32 bits per heavy atom. The molecule has 7 heteroatoms. The first-order valence-electron chi connectivity index (χ1n) is 10.8. The average Bonchev–Trinajstić information content (AvgIpc) is 2.74. The zero-order valence-electron chi connectivity index (χ0n) is 18.7. The van der Waals surface area contributed by atoms with E-state index in [0.717, 1.165) is 29.0 Å². The highest BCUT2D eigenvalue weighted by Gasteiger charge is 2.30. The van der Waals surface area contributed by atoms with E-state index in [0.29, 0.717) is 18.0 Å². The van der Waals surface area contributed by atoms with E-state index in [-0.39, 0.29) is 11.9 Å². The van der Waals surface area contributed by atoms with Gasteiger partial charge >= 0.3 is 0 Å². The number of carbonyl (C=O) groups excluding carboxylic acids is 1. The first-order chi connectivity index (χ1) is 14.7. The van der Waals surface area contributed by atoms with Crippen molar-refractivity contribution in [3.63, 3.8) is 0 Å². The van der Waals surface area contributed by atoms with Gasteiger partial charge in [-0.15, -0.1) is 0 Å². The summed E-state index contributed by atoms with van der Waals surface area (Å²) < 4.78 is 31.6. The molecule has 2 atom stereocenters. The van der Waals surface area contributed by atoms with Crippen LogP contribution in [0.3, 0.4) is 0 Å². The van der Waals surface area contributed by atoms with Crippen molar-refractivity contribution in [3.8, 4) is 5.75 Å². The van der Waals surface area contributed by atoms with Crippen LogP contribution in [0.5, 0.6) is 5.75 Å². The van der Waals surface area contributed by atoms with Gasteiger partial charge in [-0.1, -0.05) is 18.2 Å². The largest absolute Gasteiger partial charge is 0.494 e. The molecule has 0 spiro atoms. The second-order valence-corrected chi connectivity index (χ2v) is 9.99. The molecule has 1 N–H and O–H groups in total. The summed E-state index contributed by atoms with van der Waals surface area (Å²) in [7, 11) is -3.67. The molecular weight excluding hydrogens is 412 g/mol. The van der Waals surface area contributed by atoms with E-state index >= 15 is 0 Å². The van der Waals surface area contributed by atoms with Crippen LogP contribution in [-0.4, -0.2) is 33.2 Å². The van der Waals surface area contributed by atoms with Crippen molar-refractivity contribution in [3.05, 3.63) is 59.2 Å². The van der Waals surface area contributed by atoms with Crippen molar-refractivity contribution in [1.29, 1.82) is 0 Å². The molecule has 3 rings (SSSR count). The van der Waals surface area contributed by atoms with Crippen molar-refractivity contribution in [1.82, 2.24) is 5.32 Å². The monoisotopic (exact) mass is 444 g/mol. The summed E-state index contributed by atoms with van der Waals surface area (Å²) in [5.74, 6) is 0.308. The van der Waals surface area contributed by atoms with Gasteiger partial charge in [-0.25, -0.2) is 8.42 Å². The van der Waals surface area contributed by atoms with E-state index < -0.39 is 16.1 Å².